The van der Waals surface area contributed by atoms with Gasteiger partial charge in [-0.3, -0.25) is 0 Å². The molecular weight excluding hydrogens is 216 g/mol. The van der Waals surface area contributed by atoms with Crippen molar-refractivity contribution < 1.29 is 0 Å². The Morgan fingerprint density at radius 2 is 1.61 bits per heavy atom. The highest BCUT2D eigenvalue weighted by Gasteiger charge is 2.08. The largest absolute Gasteiger partial charge is 0.0651 e. The zero-order valence-corrected chi connectivity index (χ0v) is 11.4. The molecule has 0 nitrogen and oxygen atoms in total. The zero-order valence-electron chi connectivity index (χ0n) is 11.4. The molecule has 0 aliphatic heterocycles. The van der Waals surface area contributed by atoms with Crippen molar-refractivity contribution in [3.05, 3.63) is 59.7 Å². The molecule has 18 heavy (non-hydrogen) atoms. The fraction of sp³-hybridized carbons (Fsp3) is 0.333. The lowest BCUT2D eigenvalue weighted by Crippen LogP contribution is -1.97. The lowest BCUT2D eigenvalue weighted by molar-refractivity contribution is 0.862. The van der Waals surface area contributed by atoms with E-state index >= 15 is 0 Å². The van der Waals surface area contributed by atoms with Gasteiger partial charge >= 0.3 is 0 Å². The molecule has 0 aliphatic carbocycles. The summed E-state index contributed by atoms with van der Waals surface area (Å²) < 4.78 is 0. The van der Waals surface area contributed by atoms with Gasteiger partial charge in [0.1, 0.15) is 0 Å². The first-order valence-electron chi connectivity index (χ1n) is 6.94. The second-order valence-electron chi connectivity index (χ2n) is 4.72. The van der Waals surface area contributed by atoms with Crippen LogP contribution in [0.4, 0.5) is 0 Å². The molecule has 2 aromatic carbocycles. The fourth-order valence-electron chi connectivity index (χ4n) is 2.48. The van der Waals surface area contributed by atoms with Crippen molar-refractivity contribution in [2.75, 3.05) is 0 Å². The molecule has 0 fully saturated rings. The van der Waals surface area contributed by atoms with Gasteiger partial charge in [-0.05, 0) is 41.2 Å². The van der Waals surface area contributed by atoms with Gasteiger partial charge in [0.05, 0.1) is 0 Å². The summed E-state index contributed by atoms with van der Waals surface area (Å²) in [6, 6.07) is 18.4. The molecule has 1 radical (unpaired) electrons. The molecule has 0 N–H and O–H groups in total. The predicted octanol–water partition coefficient (Wildman–Crippen LogP) is 5.06. The molecule has 0 heterocycles. The molecule has 0 saturated heterocycles. The number of hydrogen-bond donors (Lipinski definition) is 0. The van der Waals surface area contributed by atoms with Crippen molar-refractivity contribution in [1.29, 1.82) is 0 Å². The Bertz CT molecular complexity index is 483. The summed E-state index contributed by atoms with van der Waals surface area (Å²) >= 11 is 0. The number of benzene rings is 2. The summed E-state index contributed by atoms with van der Waals surface area (Å²) in [6.07, 6.45) is 4.71. The molecule has 0 unspecified atom stereocenters. The van der Waals surface area contributed by atoms with Gasteiger partial charge in [0.2, 0.25) is 0 Å². The van der Waals surface area contributed by atoms with Gasteiger partial charge in [0, 0.05) is 0 Å². The van der Waals surface area contributed by atoms with Crippen molar-refractivity contribution in [1.82, 2.24) is 0 Å². The van der Waals surface area contributed by atoms with Crippen molar-refractivity contribution in [3.8, 4) is 11.1 Å². The number of rotatable bonds is 5. The Labute approximate surface area is 111 Å². The van der Waals surface area contributed by atoms with E-state index in [4.69, 9.17) is 0 Å². The summed E-state index contributed by atoms with van der Waals surface area (Å²) in [4.78, 5) is 0. The molecule has 0 saturated carbocycles. The van der Waals surface area contributed by atoms with E-state index in [2.05, 4.69) is 62.4 Å². The Hall–Kier alpha value is -1.56. The van der Waals surface area contributed by atoms with Crippen LogP contribution in [0, 0.1) is 6.07 Å². The zero-order chi connectivity index (χ0) is 12.8. The quantitative estimate of drug-likeness (QED) is 0.682. The van der Waals surface area contributed by atoms with Crippen LogP contribution in [-0.2, 0) is 12.8 Å². The predicted molar refractivity (Wildman–Crippen MR) is 78.7 cm³/mol. The molecule has 0 bridgehead atoms. The molecular formula is C18H21. The summed E-state index contributed by atoms with van der Waals surface area (Å²) in [5, 5.41) is 0. The van der Waals surface area contributed by atoms with Crippen LogP contribution >= 0.6 is 0 Å². The first-order valence-corrected chi connectivity index (χ1v) is 6.94. The van der Waals surface area contributed by atoms with Crippen molar-refractivity contribution in [2.45, 2.75) is 39.5 Å². The van der Waals surface area contributed by atoms with Crippen molar-refractivity contribution >= 4 is 0 Å². The Balaban J connectivity index is 2.49. The summed E-state index contributed by atoms with van der Waals surface area (Å²) in [7, 11) is 0. The number of aryl methyl sites for hydroxylation is 1. The van der Waals surface area contributed by atoms with E-state index in [1.165, 1.54) is 41.5 Å². The summed E-state index contributed by atoms with van der Waals surface area (Å²) in [5.41, 5.74) is 5.58. The lowest BCUT2D eigenvalue weighted by atomic mass is 9.91. The van der Waals surface area contributed by atoms with Crippen LogP contribution in [0.2, 0.25) is 0 Å². The van der Waals surface area contributed by atoms with E-state index in [0.29, 0.717) is 0 Å². The monoisotopic (exact) mass is 237 g/mol. The standard InChI is InChI=1S/C18H21/c1-3-9-15-13-8-14-18(17(15)10-4-2)16-11-6-5-7-12-16/h5-8,11-13H,3-4,9-10H2,1-2H3. The van der Waals surface area contributed by atoms with Gasteiger partial charge in [-0.2, -0.15) is 0 Å². The highest BCUT2D eigenvalue weighted by Crippen LogP contribution is 2.27. The SMILES string of the molecule is CCCc1cc[c]c(-c2ccccc2)c1CCC. The van der Waals surface area contributed by atoms with Gasteiger partial charge in [-0.25, -0.2) is 0 Å². The maximum Gasteiger partial charge on any atom is -0.00703 e. The Kier molecular flexibility index (Phi) is 4.58. The van der Waals surface area contributed by atoms with Crippen LogP contribution in [-0.4, -0.2) is 0 Å². The topological polar surface area (TPSA) is 0 Å². The maximum absolute atomic E-state index is 3.44. The molecule has 93 valence electrons. The highest BCUT2D eigenvalue weighted by atomic mass is 14.1. The normalized spacial score (nSPS) is 10.6. The fourth-order valence-corrected chi connectivity index (χ4v) is 2.48. The minimum absolute atomic E-state index is 1.15. The van der Waals surface area contributed by atoms with E-state index in [-0.39, 0.29) is 0 Å². The minimum atomic E-state index is 1.15. The average molecular weight is 237 g/mol. The Morgan fingerprint density at radius 1 is 0.889 bits per heavy atom. The first kappa shape index (κ1) is 12.9. The van der Waals surface area contributed by atoms with Gasteiger partial charge in [-0.1, -0.05) is 69.2 Å². The second kappa shape index (κ2) is 6.39. The third kappa shape index (κ3) is 2.81. The van der Waals surface area contributed by atoms with Crippen LogP contribution in [0.25, 0.3) is 11.1 Å². The van der Waals surface area contributed by atoms with Crippen LogP contribution in [0.15, 0.2) is 42.5 Å². The van der Waals surface area contributed by atoms with Crippen LogP contribution < -0.4 is 0 Å². The summed E-state index contributed by atoms with van der Waals surface area (Å²) in [5.74, 6) is 0. The molecule has 2 aromatic rings. The highest BCUT2D eigenvalue weighted by molar-refractivity contribution is 5.68. The smallest absolute Gasteiger partial charge is 0.00703 e. The van der Waals surface area contributed by atoms with Crippen molar-refractivity contribution in [3.63, 3.8) is 0 Å². The van der Waals surface area contributed by atoms with Gasteiger partial charge in [0.15, 0.2) is 0 Å². The third-order valence-electron chi connectivity index (χ3n) is 3.28. The third-order valence-corrected chi connectivity index (χ3v) is 3.28. The molecule has 0 atom stereocenters. The molecule has 0 spiro atoms. The second-order valence-corrected chi connectivity index (χ2v) is 4.72. The van der Waals surface area contributed by atoms with Crippen LogP contribution in [0.3, 0.4) is 0 Å². The molecule has 2 rings (SSSR count). The van der Waals surface area contributed by atoms with Crippen LogP contribution in [0.5, 0.6) is 0 Å². The molecule has 0 heteroatoms. The summed E-state index contributed by atoms with van der Waals surface area (Å²) in [6.45, 7) is 4.49. The van der Waals surface area contributed by atoms with Crippen molar-refractivity contribution in [2.24, 2.45) is 0 Å². The minimum Gasteiger partial charge on any atom is -0.0651 e. The van der Waals surface area contributed by atoms with Gasteiger partial charge in [0.25, 0.3) is 0 Å². The van der Waals surface area contributed by atoms with Crippen LogP contribution in [0.1, 0.15) is 37.8 Å². The Morgan fingerprint density at radius 3 is 2.28 bits per heavy atom. The molecule has 0 aromatic heterocycles. The van der Waals surface area contributed by atoms with E-state index in [1.54, 1.807) is 0 Å². The van der Waals surface area contributed by atoms with E-state index in [9.17, 15) is 0 Å². The number of hydrogen-bond acceptors (Lipinski definition) is 0. The van der Waals surface area contributed by atoms with E-state index in [1.807, 2.05) is 0 Å². The maximum atomic E-state index is 3.44. The lowest BCUT2D eigenvalue weighted by Gasteiger charge is -2.14. The van der Waals surface area contributed by atoms with Gasteiger partial charge < -0.3 is 0 Å². The van der Waals surface area contributed by atoms with E-state index < -0.39 is 0 Å². The molecule has 0 amide bonds. The van der Waals surface area contributed by atoms with Gasteiger partial charge in [-0.15, -0.1) is 0 Å². The van der Waals surface area contributed by atoms with E-state index in [0.717, 1.165) is 6.42 Å². The first-order chi connectivity index (χ1) is 8.86. The average Bonchev–Trinajstić information content (AvgIpc) is 2.42. The molecule has 0 aliphatic rings.